The second-order valence-electron chi connectivity index (χ2n) is 7.44. The number of nitrogens with zero attached hydrogens (tertiary/aromatic N) is 2. The van der Waals surface area contributed by atoms with Gasteiger partial charge in [-0.1, -0.05) is 42.5 Å². The van der Waals surface area contributed by atoms with Crippen LogP contribution >= 0.6 is 23.1 Å². The van der Waals surface area contributed by atoms with E-state index in [-0.39, 0.29) is 28.9 Å². The normalized spacial score (nSPS) is 10.8. The van der Waals surface area contributed by atoms with E-state index < -0.39 is 0 Å². The van der Waals surface area contributed by atoms with Gasteiger partial charge < -0.3 is 5.32 Å². The number of aryl methyl sites for hydroxylation is 2. The maximum atomic E-state index is 13.1. The van der Waals surface area contributed by atoms with E-state index in [2.05, 4.69) is 15.7 Å². The van der Waals surface area contributed by atoms with Crippen molar-refractivity contribution in [1.29, 1.82) is 0 Å². The number of thiophene rings is 1. The van der Waals surface area contributed by atoms with E-state index in [1.54, 1.807) is 0 Å². The van der Waals surface area contributed by atoms with Gasteiger partial charge >= 0.3 is 0 Å². The van der Waals surface area contributed by atoms with Crippen molar-refractivity contribution in [3.63, 3.8) is 0 Å². The monoisotopic (exact) mass is 478 g/mol. The van der Waals surface area contributed by atoms with Gasteiger partial charge in [-0.3, -0.25) is 19.8 Å². The summed E-state index contributed by atoms with van der Waals surface area (Å²) in [5.74, 6) is -0.435. The van der Waals surface area contributed by atoms with Crippen LogP contribution in [0.1, 0.15) is 10.4 Å². The van der Waals surface area contributed by atoms with E-state index in [1.165, 1.54) is 29.4 Å². The van der Waals surface area contributed by atoms with E-state index >= 15 is 0 Å². The molecule has 0 unspecified atom stereocenters. The molecule has 9 heteroatoms. The fourth-order valence-electron chi connectivity index (χ4n) is 3.46. The van der Waals surface area contributed by atoms with Crippen LogP contribution in [-0.2, 0) is 9.59 Å². The molecule has 4 rings (SSSR count). The minimum Gasteiger partial charge on any atom is -0.325 e. The first kappa shape index (κ1) is 22.8. The highest BCUT2D eigenvalue weighted by Crippen LogP contribution is 2.35. The Morgan fingerprint density at radius 1 is 1.03 bits per heavy atom. The summed E-state index contributed by atoms with van der Waals surface area (Å²) in [5, 5.41) is 3.29. The lowest BCUT2D eigenvalue weighted by atomic mass is 10.0. The van der Waals surface area contributed by atoms with Gasteiger partial charge in [0.2, 0.25) is 11.8 Å². The van der Waals surface area contributed by atoms with Gasteiger partial charge in [-0.15, -0.1) is 23.1 Å². The van der Waals surface area contributed by atoms with Gasteiger partial charge in [-0.25, -0.2) is 9.66 Å². The summed E-state index contributed by atoms with van der Waals surface area (Å²) in [4.78, 5) is 43.6. The molecule has 0 radical (unpaired) electrons. The second kappa shape index (κ2) is 10.0. The Labute approximate surface area is 198 Å². The Bertz CT molecular complexity index is 1380. The van der Waals surface area contributed by atoms with Crippen LogP contribution in [-0.4, -0.2) is 33.0 Å². The van der Waals surface area contributed by atoms with Crippen LogP contribution in [0.15, 0.2) is 65.7 Å². The highest BCUT2D eigenvalue weighted by atomic mass is 32.2. The van der Waals surface area contributed by atoms with Crippen molar-refractivity contribution in [1.82, 2.24) is 9.66 Å². The molecule has 33 heavy (non-hydrogen) atoms. The van der Waals surface area contributed by atoms with Crippen molar-refractivity contribution in [3.05, 3.63) is 81.7 Å². The van der Waals surface area contributed by atoms with E-state index in [1.807, 2.05) is 68.4 Å². The van der Waals surface area contributed by atoms with Gasteiger partial charge in [0.1, 0.15) is 11.2 Å². The van der Waals surface area contributed by atoms with Crippen LogP contribution in [0, 0.1) is 13.8 Å². The second-order valence-corrected chi connectivity index (χ2v) is 9.63. The lowest BCUT2D eigenvalue weighted by Gasteiger charge is -2.09. The number of hydrogen-bond donors (Lipinski definition) is 2. The fourth-order valence-corrected chi connectivity index (χ4v) is 5.07. The number of anilines is 1. The molecule has 0 bridgehead atoms. The Hall–Kier alpha value is -3.43. The molecular weight excluding hydrogens is 456 g/mol. The van der Waals surface area contributed by atoms with Crippen LogP contribution in [0.25, 0.3) is 21.3 Å². The van der Waals surface area contributed by atoms with E-state index in [0.717, 1.165) is 31.9 Å². The van der Waals surface area contributed by atoms with Gasteiger partial charge in [0, 0.05) is 16.1 Å². The highest BCUT2D eigenvalue weighted by Gasteiger charge is 2.17. The molecule has 2 aromatic carbocycles. The van der Waals surface area contributed by atoms with Crippen molar-refractivity contribution in [2.45, 2.75) is 13.8 Å². The Kier molecular flexibility index (Phi) is 6.90. The van der Waals surface area contributed by atoms with Crippen LogP contribution in [0.5, 0.6) is 0 Å². The zero-order valence-electron chi connectivity index (χ0n) is 18.1. The average molecular weight is 479 g/mol. The van der Waals surface area contributed by atoms with Crippen LogP contribution in [0.3, 0.4) is 0 Å². The molecule has 0 fully saturated rings. The molecular formula is C24H22N4O3S2. The zero-order valence-corrected chi connectivity index (χ0v) is 19.8. The molecule has 7 nitrogen and oxygen atoms in total. The van der Waals surface area contributed by atoms with Crippen molar-refractivity contribution >= 4 is 50.8 Å². The molecule has 0 atom stereocenters. The number of amides is 2. The van der Waals surface area contributed by atoms with E-state index in [9.17, 15) is 14.4 Å². The number of fused-ring (bicyclic) bond motifs is 1. The van der Waals surface area contributed by atoms with Gasteiger partial charge in [-0.05, 0) is 37.1 Å². The minimum absolute atomic E-state index is 0.0277. The first-order valence-corrected chi connectivity index (χ1v) is 12.2. The number of benzene rings is 2. The number of nitrogens with one attached hydrogen (secondary N) is 2. The predicted octanol–water partition coefficient (Wildman–Crippen LogP) is 4.18. The first-order valence-electron chi connectivity index (χ1n) is 10.2. The number of rotatable bonds is 7. The number of carbonyl (C=O) groups is 2. The molecule has 2 amide bonds. The number of aromatic nitrogens is 2. The SMILES string of the molecule is Cc1cccc(NC(=O)CSCC(=O)Nn2cnc3sc(C)c(-c4ccccc4)c3c2=O)c1. The summed E-state index contributed by atoms with van der Waals surface area (Å²) in [5.41, 5.74) is 5.77. The predicted molar refractivity (Wildman–Crippen MR) is 136 cm³/mol. The molecule has 0 spiro atoms. The summed E-state index contributed by atoms with van der Waals surface area (Å²) in [6, 6.07) is 17.2. The van der Waals surface area contributed by atoms with Gasteiger partial charge in [0.25, 0.3) is 5.56 Å². The maximum Gasteiger partial charge on any atom is 0.281 e. The number of carbonyl (C=O) groups excluding carboxylic acids is 2. The smallest absolute Gasteiger partial charge is 0.281 e. The summed E-state index contributed by atoms with van der Waals surface area (Å²) in [6.45, 7) is 3.90. The highest BCUT2D eigenvalue weighted by molar-refractivity contribution is 8.00. The Morgan fingerprint density at radius 2 is 1.79 bits per heavy atom. The number of thioether (sulfide) groups is 1. The summed E-state index contributed by atoms with van der Waals surface area (Å²) in [7, 11) is 0. The topological polar surface area (TPSA) is 93.1 Å². The Morgan fingerprint density at radius 3 is 2.55 bits per heavy atom. The molecule has 2 heterocycles. The molecule has 168 valence electrons. The first-order chi connectivity index (χ1) is 15.9. The van der Waals surface area contributed by atoms with Gasteiger partial charge in [-0.2, -0.15) is 0 Å². The third-order valence-corrected chi connectivity index (χ3v) is 6.81. The lowest BCUT2D eigenvalue weighted by molar-refractivity contribution is -0.114. The fraction of sp³-hybridized carbons (Fsp3) is 0.167. The third kappa shape index (κ3) is 5.32. The number of hydrogen-bond acceptors (Lipinski definition) is 6. The summed E-state index contributed by atoms with van der Waals surface area (Å²) < 4.78 is 1.11. The molecule has 0 aliphatic carbocycles. The maximum absolute atomic E-state index is 13.1. The molecule has 4 aromatic rings. The standard InChI is InChI=1S/C24H22N4O3S2/c1-15-7-6-10-18(11-15)26-19(29)12-32-13-20(30)27-28-14-25-23-22(24(28)31)21(16(2)33-23)17-8-4-3-5-9-17/h3-11,14H,12-13H2,1-2H3,(H,26,29)(H,27,30). The van der Waals surface area contributed by atoms with E-state index in [0.29, 0.717) is 10.2 Å². The minimum atomic E-state index is -0.389. The summed E-state index contributed by atoms with van der Waals surface area (Å²) in [6.07, 6.45) is 1.32. The quantitative estimate of drug-likeness (QED) is 0.416. The molecule has 0 aliphatic rings. The summed E-state index contributed by atoms with van der Waals surface area (Å²) >= 11 is 2.62. The van der Waals surface area contributed by atoms with Crippen LogP contribution in [0.2, 0.25) is 0 Å². The van der Waals surface area contributed by atoms with Gasteiger partial charge in [0.15, 0.2) is 0 Å². The van der Waals surface area contributed by atoms with Crippen molar-refractivity contribution in [3.8, 4) is 11.1 Å². The van der Waals surface area contributed by atoms with Gasteiger partial charge in [0.05, 0.1) is 16.9 Å². The average Bonchev–Trinajstić information content (AvgIpc) is 3.13. The van der Waals surface area contributed by atoms with Crippen molar-refractivity contribution < 1.29 is 9.59 Å². The van der Waals surface area contributed by atoms with Crippen molar-refractivity contribution in [2.75, 3.05) is 22.2 Å². The molecule has 2 N–H and O–H groups in total. The van der Waals surface area contributed by atoms with Crippen LogP contribution in [0.4, 0.5) is 5.69 Å². The molecule has 0 saturated carbocycles. The van der Waals surface area contributed by atoms with Crippen molar-refractivity contribution in [2.24, 2.45) is 0 Å². The van der Waals surface area contributed by atoms with Crippen LogP contribution < -0.4 is 16.3 Å². The third-order valence-electron chi connectivity index (χ3n) is 4.86. The molecule has 0 aliphatic heterocycles. The molecule has 2 aromatic heterocycles. The Balaban J connectivity index is 1.41. The lowest BCUT2D eigenvalue weighted by Crippen LogP contribution is -2.34. The molecule has 0 saturated heterocycles. The zero-order chi connectivity index (χ0) is 23.4. The largest absolute Gasteiger partial charge is 0.325 e. The van der Waals surface area contributed by atoms with E-state index in [4.69, 9.17) is 0 Å².